The quantitative estimate of drug-likeness (QED) is 0.868. The Bertz CT molecular complexity index is 520. The average Bonchev–Trinajstić information content (AvgIpc) is 3.20. The fraction of sp³-hybridized carbons (Fsp3) is 0.500. The molecule has 1 aliphatic rings. The van der Waals surface area contributed by atoms with E-state index in [1.54, 1.807) is 4.90 Å². The first-order valence-electron chi connectivity index (χ1n) is 7.05. The number of amides is 1. The monoisotopic (exact) mass is 275 g/mol. The fourth-order valence-corrected chi connectivity index (χ4v) is 2.18. The first kappa shape index (κ1) is 14.6. The van der Waals surface area contributed by atoms with Crippen LogP contribution in [0, 0.1) is 19.8 Å². The molecule has 4 heteroatoms. The number of aliphatic carboxylic acids is 1. The lowest BCUT2D eigenvalue weighted by Gasteiger charge is -2.22. The highest BCUT2D eigenvalue weighted by molar-refractivity contribution is 5.94. The molecule has 0 aromatic heterocycles. The first-order chi connectivity index (χ1) is 9.47. The zero-order chi connectivity index (χ0) is 14.7. The standard InChI is InChI=1S/C16H21NO3/c1-11-3-6-14(9-12(11)2)16(20)17(8-7-15(18)19)10-13-4-5-13/h3,6,9,13H,4-5,7-8,10H2,1-2H3,(H,18,19). The molecule has 4 nitrogen and oxygen atoms in total. The van der Waals surface area contributed by atoms with Crippen molar-refractivity contribution in [1.82, 2.24) is 4.90 Å². The molecule has 0 heterocycles. The van der Waals surface area contributed by atoms with Gasteiger partial charge in [-0.3, -0.25) is 9.59 Å². The summed E-state index contributed by atoms with van der Waals surface area (Å²) in [6.07, 6.45) is 2.29. The molecule has 0 atom stereocenters. The Hall–Kier alpha value is -1.84. The zero-order valence-electron chi connectivity index (χ0n) is 12.1. The highest BCUT2D eigenvalue weighted by atomic mass is 16.4. The van der Waals surface area contributed by atoms with Gasteiger partial charge in [0.1, 0.15) is 0 Å². The number of carboxylic acids is 1. The third-order valence-corrected chi connectivity index (χ3v) is 3.81. The average molecular weight is 275 g/mol. The molecule has 1 fully saturated rings. The van der Waals surface area contributed by atoms with E-state index in [1.807, 2.05) is 32.0 Å². The predicted molar refractivity (Wildman–Crippen MR) is 76.8 cm³/mol. The van der Waals surface area contributed by atoms with Crippen LogP contribution in [0.1, 0.15) is 40.7 Å². The molecule has 0 saturated heterocycles. The van der Waals surface area contributed by atoms with E-state index in [-0.39, 0.29) is 18.9 Å². The Kier molecular flexibility index (Phi) is 4.42. The summed E-state index contributed by atoms with van der Waals surface area (Å²) in [6.45, 7) is 4.96. The van der Waals surface area contributed by atoms with Gasteiger partial charge in [-0.2, -0.15) is 0 Å². The molecule has 0 radical (unpaired) electrons. The van der Waals surface area contributed by atoms with Crippen LogP contribution >= 0.6 is 0 Å². The molecule has 0 aliphatic heterocycles. The first-order valence-corrected chi connectivity index (χ1v) is 7.05. The van der Waals surface area contributed by atoms with Crippen LogP contribution in [0.15, 0.2) is 18.2 Å². The van der Waals surface area contributed by atoms with Gasteiger partial charge in [-0.1, -0.05) is 6.07 Å². The van der Waals surface area contributed by atoms with Crippen LogP contribution in [0.3, 0.4) is 0 Å². The van der Waals surface area contributed by atoms with Crippen LogP contribution in [0.2, 0.25) is 0 Å². The number of hydrogen-bond donors (Lipinski definition) is 1. The molecule has 1 saturated carbocycles. The third kappa shape index (κ3) is 3.83. The zero-order valence-corrected chi connectivity index (χ0v) is 12.1. The van der Waals surface area contributed by atoms with Gasteiger partial charge in [-0.25, -0.2) is 0 Å². The Morgan fingerprint density at radius 3 is 2.50 bits per heavy atom. The van der Waals surface area contributed by atoms with Crippen LogP contribution in [0.25, 0.3) is 0 Å². The molecule has 1 aliphatic carbocycles. The number of carbonyl (C=O) groups excluding carboxylic acids is 1. The summed E-state index contributed by atoms with van der Waals surface area (Å²) in [5.74, 6) is -0.362. The van der Waals surface area contributed by atoms with E-state index >= 15 is 0 Å². The van der Waals surface area contributed by atoms with E-state index in [0.717, 1.165) is 24.0 Å². The van der Waals surface area contributed by atoms with Gasteiger partial charge in [0, 0.05) is 18.7 Å². The maximum Gasteiger partial charge on any atom is 0.305 e. The molecule has 1 amide bonds. The molecule has 0 unspecified atom stereocenters. The van der Waals surface area contributed by atoms with Crippen LogP contribution in [-0.4, -0.2) is 35.0 Å². The Morgan fingerprint density at radius 1 is 1.25 bits per heavy atom. The lowest BCUT2D eigenvalue weighted by Crippen LogP contribution is -2.34. The molecule has 108 valence electrons. The van der Waals surface area contributed by atoms with E-state index in [2.05, 4.69) is 0 Å². The Balaban J connectivity index is 2.10. The number of carboxylic acid groups (broad SMARTS) is 1. The molecule has 1 N–H and O–H groups in total. The maximum absolute atomic E-state index is 12.5. The van der Waals surface area contributed by atoms with Gasteiger partial charge in [0.2, 0.25) is 0 Å². The second-order valence-corrected chi connectivity index (χ2v) is 5.64. The smallest absolute Gasteiger partial charge is 0.305 e. The van der Waals surface area contributed by atoms with Crippen LogP contribution in [-0.2, 0) is 4.79 Å². The lowest BCUT2D eigenvalue weighted by molar-refractivity contribution is -0.137. The fourth-order valence-electron chi connectivity index (χ4n) is 2.18. The van der Waals surface area contributed by atoms with Crippen molar-refractivity contribution >= 4 is 11.9 Å². The van der Waals surface area contributed by atoms with Gasteiger partial charge < -0.3 is 10.0 Å². The highest BCUT2D eigenvalue weighted by Crippen LogP contribution is 2.30. The lowest BCUT2D eigenvalue weighted by atomic mass is 10.1. The van der Waals surface area contributed by atoms with Crippen molar-refractivity contribution in [2.24, 2.45) is 5.92 Å². The summed E-state index contributed by atoms with van der Waals surface area (Å²) in [4.78, 5) is 24.9. The SMILES string of the molecule is Cc1ccc(C(=O)N(CCC(=O)O)CC2CC2)cc1C. The summed E-state index contributed by atoms with van der Waals surface area (Å²) in [6, 6.07) is 5.65. The summed E-state index contributed by atoms with van der Waals surface area (Å²) in [5, 5.41) is 8.81. The Labute approximate surface area is 119 Å². The number of nitrogens with zero attached hydrogens (tertiary/aromatic N) is 1. The van der Waals surface area contributed by atoms with Gasteiger partial charge in [0.05, 0.1) is 6.42 Å². The summed E-state index contributed by atoms with van der Waals surface area (Å²) in [7, 11) is 0. The minimum Gasteiger partial charge on any atom is -0.481 e. The topological polar surface area (TPSA) is 57.6 Å². The van der Waals surface area contributed by atoms with Gasteiger partial charge in [0.15, 0.2) is 0 Å². The van der Waals surface area contributed by atoms with Crippen molar-refractivity contribution in [3.63, 3.8) is 0 Å². The molecule has 0 bridgehead atoms. The predicted octanol–water partition coefficient (Wildman–Crippen LogP) is 2.63. The molecule has 1 aromatic rings. The second-order valence-electron chi connectivity index (χ2n) is 5.64. The van der Waals surface area contributed by atoms with Crippen molar-refractivity contribution in [2.75, 3.05) is 13.1 Å². The van der Waals surface area contributed by atoms with Crippen LogP contribution < -0.4 is 0 Å². The molecule has 0 spiro atoms. The van der Waals surface area contributed by atoms with Crippen molar-refractivity contribution in [3.8, 4) is 0 Å². The van der Waals surface area contributed by atoms with Gasteiger partial charge in [0.25, 0.3) is 5.91 Å². The van der Waals surface area contributed by atoms with Crippen molar-refractivity contribution in [1.29, 1.82) is 0 Å². The molecule has 2 rings (SSSR count). The van der Waals surface area contributed by atoms with E-state index in [0.29, 0.717) is 18.0 Å². The molecular formula is C16H21NO3. The minimum absolute atomic E-state index is 0.00328. The maximum atomic E-state index is 12.5. The molecule has 1 aromatic carbocycles. The van der Waals surface area contributed by atoms with E-state index < -0.39 is 5.97 Å². The summed E-state index contributed by atoms with van der Waals surface area (Å²) < 4.78 is 0. The van der Waals surface area contributed by atoms with Gasteiger partial charge in [-0.05, 0) is 55.9 Å². The number of rotatable bonds is 6. The number of benzene rings is 1. The number of hydrogen-bond acceptors (Lipinski definition) is 2. The molecule has 20 heavy (non-hydrogen) atoms. The minimum atomic E-state index is -0.862. The van der Waals surface area contributed by atoms with Crippen LogP contribution in [0.4, 0.5) is 0 Å². The summed E-state index contributed by atoms with van der Waals surface area (Å²) >= 11 is 0. The van der Waals surface area contributed by atoms with Crippen molar-refractivity contribution < 1.29 is 14.7 Å². The van der Waals surface area contributed by atoms with E-state index in [1.165, 1.54) is 0 Å². The largest absolute Gasteiger partial charge is 0.481 e. The number of aryl methyl sites for hydroxylation is 2. The molecular weight excluding hydrogens is 254 g/mol. The van der Waals surface area contributed by atoms with Crippen LogP contribution in [0.5, 0.6) is 0 Å². The Morgan fingerprint density at radius 2 is 1.95 bits per heavy atom. The second kappa shape index (κ2) is 6.07. The van der Waals surface area contributed by atoms with Gasteiger partial charge in [-0.15, -0.1) is 0 Å². The number of carbonyl (C=O) groups is 2. The normalized spacial score (nSPS) is 14.1. The van der Waals surface area contributed by atoms with Crippen molar-refractivity contribution in [2.45, 2.75) is 33.1 Å². The van der Waals surface area contributed by atoms with Gasteiger partial charge >= 0.3 is 5.97 Å². The van der Waals surface area contributed by atoms with Crippen molar-refractivity contribution in [3.05, 3.63) is 34.9 Å². The highest BCUT2D eigenvalue weighted by Gasteiger charge is 2.27. The summed E-state index contributed by atoms with van der Waals surface area (Å²) in [5.41, 5.74) is 2.89. The van der Waals surface area contributed by atoms with E-state index in [4.69, 9.17) is 5.11 Å². The van der Waals surface area contributed by atoms with E-state index in [9.17, 15) is 9.59 Å². The third-order valence-electron chi connectivity index (χ3n) is 3.81.